The van der Waals surface area contributed by atoms with Crippen molar-refractivity contribution in [1.29, 1.82) is 0 Å². The summed E-state index contributed by atoms with van der Waals surface area (Å²) in [5.74, 6) is -0.334. The first-order valence-electron chi connectivity index (χ1n) is 5.41. The molecule has 3 N–H and O–H groups in total. The Morgan fingerprint density at radius 2 is 2.06 bits per heavy atom. The number of aliphatic hydroxyl groups excluding tert-OH is 1. The van der Waals surface area contributed by atoms with E-state index in [0.717, 1.165) is 0 Å². The van der Waals surface area contributed by atoms with Gasteiger partial charge in [0.15, 0.2) is 0 Å². The molecule has 0 aliphatic rings. The van der Waals surface area contributed by atoms with Crippen molar-refractivity contribution in [1.82, 2.24) is 0 Å². The van der Waals surface area contributed by atoms with Crippen molar-refractivity contribution >= 4 is 5.97 Å². The molecule has 0 saturated heterocycles. The van der Waals surface area contributed by atoms with Crippen LogP contribution in [-0.2, 0) is 16.0 Å². The van der Waals surface area contributed by atoms with E-state index >= 15 is 0 Å². The maximum absolute atomic E-state index is 11.1. The first-order valence-corrected chi connectivity index (χ1v) is 5.41. The largest absolute Gasteiger partial charge is 0.508 e. The van der Waals surface area contributed by atoms with Crippen LogP contribution in [0.3, 0.4) is 0 Å². The number of carbonyl (C=O) groups is 1. The third-order valence-electron chi connectivity index (χ3n) is 2.25. The van der Waals surface area contributed by atoms with E-state index in [2.05, 4.69) is 4.74 Å². The Labute approximate surface area is 99.3 Å². The fraction of sp³-hybridized carbons (Fsp3) is 0.417. The summed E-state index contributed by atoms with van der Waals surface area (Å²) in [7, 11) is 0. The zero-order valence-electron chi connectivity index (χ0n) is 9.43. The predicted octanol–water partition coefficient (Wildman–Crippen LogP) is 0.956. The average molecular weight is 240 g/mol. The molecule has 94 valence electrons. The molecule has 0 bridgehead atoms. The maximum Gasteiger partial charge on any atom is 0.305 e. The minimum Gasteiger partial charge on any atom is -0.508 e. The molecule has 0 radical (unpaired) electrons. The summed E-state index contributed by atoms with van der Waals surface area (Å²) in [5.41, 5.74) is 0.678. The second-order valence-corrected chi connectivity index (χ2v) is 3.61. The Hall–Kier alpha value is -1.75. The zero-order chi connectivity index (χ0) is 12.7. The van der Waals surface area contributed by atoms with E-state index in [9.17, 15) is 9.90 Å². The van der Waals surface area contributed by atoms with Crippen molar-refractivity contribution in [2.75, 3.05) is 13.2 Å². The highest BCUT2D eigenvalue weighted by Crippen LogP contribution is 2.23. The number of rotatable bonds is 6. The summed E-state index contributed by atoms with van der Waals surface area (Å²) in [5, 5.41) is 27.0. The third-order valence-corrected chi connectivity index (χ3v) is 2.25. The molecule has 0 spiro atoms. The quantitative estimate of drug-likeness (QED) is 0.644. The van der Waals surface area contributed by atoms with Crippen LogP contribution in [0.15, 0.2) is 18.2 Å². The zero-order valence-corrected chi connectivity index (χ0v) is 9.43. The highest BCUT2D eigenvalue weighted by molar-refractivity contribution is 5.69. The van der Waals surface area contributed by atoms with Crippen LogP contribution in [0.5, 0.6) is 11.5 Å². The Morgan fingerprint density at radius 1 is 1.29 bits per heavy atom. The van der Waals surface area contributed by atoms with Gasteiger partial charge < -0.3 is 20.1 Å². The molecule has 0 saturated carbocycles. The van der Waals surface area contributed by atoms with E-state index < -0.39 is 0 Å². The number of esters is 1. The number of hydrogen-bond donors (Lipinski definition) is 3. The lowest BCUT2D eigenvalue weighted by Gasteiger charge is -2.05. The minimum absolute atomic E-state index is 0.00797. The number of aliphatic hydroxyl groups is 1. The molecule has 5 heteroatoms. The van der Waals surface area contributed by atoms with Gasteiger partial charge in [-0.05, 0) is 24.5 Å². The minimum atomic E-state index is -0.364. The average Bonchev–Trinajstić information content (AvgIpc) is 2.29. The summed E-state index contributed by atoms with van der Waals surface area (Å²) in [6.45, 7) is -0.159. The SMILES string of the molecule is O=C(CCCc1ccc(O)cc1O)OCCO. The number of carbonyl (C=O) groups excluding carboxylic acids is 1. The van der Waals surface area contributed by atoms with Crippen LogP contribution in [0, 0.1) is 0 Å². The van der Waals surface area contributed by atoms with Crippen LogP contribution in [0.4, 0.5) is 0 Å². The van der Waals surface area contributed by atoms with Crippen LogP contribution in [0.25, 0.3) is 0 Å². The van der Waals surface area contributed by atoms with Gasteiger partial charge >= 0.3 is 5.97 Å². The number of benzene rings is 1. The lowest BCUT2D eigenvalue weighted by Crippen LogP contribution is -2.08. The van der Waals surface area contributed by atoms with Gasteiger partial charge in [-0.2, -0.15) is 0 Å². The van der Waals surface area contributed by atoms with Crippen LogP contribution in [0.2, 0.25) is 0 Å². The Morgan fingerprint density at radius 3 is 2.71 bits per heavy atom. The lowest BCUT2D eigenvalue weighted by atomic mass is 10.1. The topological polar surface area (TPSA) is 87.0 Å². The molecule has 0 atom stereocenters. The van der Waals surface area contributed by atoms with E-state index in [4.69, 9.17) is 10.2 Å². The standard InChI is InChI=1S/C12H16O5/c13-6-7-17-12(16)3-1-2-9-4-5-10(14)8-11(9)15/h4-5,8,13-15H,1-3,6-7H2. The number of aryl methyl sites for hydroxylation is 1. The second-order valence-electron chi connectivity index (χ2n) is 3.61. The first kappa shape index (κ1) is 13.3. The van der Waals surface area contributed by atoms with Crippen LogP contribution >= 0.6 is 0 Å². The molecule has 1 aromatic carbocycles. The molecule has 0 aromatic heterocycles. The molecule has 0 unspecified atom stereocenters. The van der Waals surface area contributed by atoms with E-state index in [1.54, 1.807) is 6.07 Å². The van der Waals surface area contributed by atoms with E-state index in [-0.39, 0.29) is 37.1 Å². The van der Waals surface area contributed by atoms with Gasteiger partial charge in [0.2, 0.25) is 0 Å². The number of hydrogen-bond acceptors (Lipinski definition) is 5. The number of ether oxygens (including phenoxy) is 1. The Bertz CT molecular complexity index is 375. The third kappa shape index (κ3) is 4.74. The van der Waals surface area contributed by atoms with E-state index in [1.165, 1.54) is 12.1 Å². The molecule has 0 aliphatic carbocycles. The van der Waals surface area contributed by atoms with Gasteiger partial charge in [0.1, 0.15) is 18.1 Å². The van der Waals surface area contributed by atoms with Crippen molar-refractivity contribution in [2.45, 2.75) is 19.3 Å². The van der Waals surface area contributed by atoms with Crippen molar-refractivity contribution in [3.8, 4) is 11.5 Å². The maximum atomic E-state index is 11.1. The molecular formula is C12H16O5. The van der Waals surface area contributed by atoms with Crippen molar-refractivity contribution in [2.24, 2.45) is 0 Å². The van der Waals surface area contributed by atoms with Gasteiger partial charge in [-0.1, -0.05) is 6.07 Å². The molecular weight excluding hydrogens is 224 g/mol. The molecule has 1 rings (SSSR count). The molecule has 0 fully saturated rings. The molecule has 1 aromatic rings. The normalized spacial score (nSPS) is 10.2. The van der Waals surface area contributed by atoms with E-state index in [1.807, 2.05) is 0 Å². The number of aromatic hydroxyl groups is 2. The summed E-state index contributed by atoms with van der Waals surface area (Å²) in [4.78, 5) is 11.1. The van der Waals surface area contributed by atoms with Gasteiger partial charge in [-0.15, -0.1) is 0 Å². The van der Waals surface area contributed by atoms with Gasteiger partial charge in [0.05, 0.1) is 6.61 Å². The van der Waals surface area contributed by atoms with Gasteiger partial charge in [-0.3, -0.25) is 4.79 Å². The van der Waals surface area contributed by atoms with Crippen molar-refractivity contribution in [3.63, 3.8) is 0 Å². The first-order chi connectivity index (χ1) is 8.13. The fourth-order valence-corrected chi connectivity index (χ4v) is 1.42. The van der Waals surface area contributed by atoms with Gasteiger partial charge in [0.25, 0.3) is 0 Å². The summed E-state index contributed by atoms with van der Waals surface area (Å²) >= 11 is 0. The molecule has 17 heavy (non-hydrogen) atoms. The fourth-order valence-electron chi connectivity index (χ4n) is 1.42. The highest BCUT2D eigenvalue weighted by Gasteiger charge is 2.05. The van der Waals surface area contributed by atoms with Crippen LogP contribution in [0.1, 0.15) is 18.4 Å². The van der Waals surface area contributed by atoms with Crippen molar-refractivity contribution in [3.05, 3.63) is 23.8 Å². The molecule has 0 amide bonds. The molecule has 0 aliphatic heterocycles. The smallest absolute Gasteiger partial charge is 0.305 e. The summed E-state index contributed by atoms with van der Waals surface area (Å²) in [6, 6.07) is 4.36. The summed E-state index contributed by atoms with van der Waals surface area (Å²) < 4.78 is 4.69. The Balaban J connectivity index is 2.33. The summed E-state index contributed by atoms with van der Waals surface area (Å²) in [6.07, 6.45) is 1.31. The van der Waals surface area contributed by atoms with E-state index in [0.29, 0.717) is 18.4 Å². The Kier molecular flexibility index (Phi) is 5.29. The number of phenols is 2. The van der Waals surface area contributed by atoms with Gasteiger partial charge in [0, 0.05) is 12.5 Å². The number of phenolic OH excluding ortho intramolecular Hbond substituents is 2. The van der Waals surface area contributed by atoms with Crippen LogP contribution in [-0.4, -0.2) is 34.5 Å². The monoisotopic (exact) mass is 240 g/mol. The predicted molar refractivity (Wildman–Crippen MR) is 60.8 cm³/mol. The second kappa shape index (κ2) is 6.75. The highest BCUT2D eigenvalue weighted by atomic mass is 16.5. The van der Waals surface area contributed by atoms with Crippen molar-refractivity contribution < 1.29 is 24.9 Å². The molecule has 5 nitrogen and oxygen atoms in total. The van der Waals surface area contributed by atoms with Crippen LogP contribution < -0.4 is 0 Å². The molecule has 0 heterocycles. The van der Waals surface area contributed by atoms with Gasteiger partial charge in [-0.25, -0.2) is 0 Å². The lowest BCUT2D eigenvalue weighted by molar-refractivity contribution is -0.144.